The number of benzene rings is 2. The minimum atomic E-state index is -3.92. The van der Waals surface area contributed by atoms with Crippen molar-refractivity contribution >= 4 is 27.6 Å². The number of aryl methyl sites for hydroxylation is 3. The summed E-state index contributed by atoms with van der Waals surface area (Å²) < 4.78 is 28.3. The van der Waals surface area contributed by atoms with Crippen molar-refractivity contribution in [1.29, 1.82) is 0 Å². The maximum absolute atomic E-state index is 12.9. The minimum Gasteiger partial charge on any atom is -0.481 e. The number of aliphatic carboxylic acids is 1. The summed E-state index contributed by atoms with van der Waals surface area (Å²) in [6, 6.07) is 9.21. The van der Waals surface area contributed by atoms with E-state index in [0.29, 0.717) is 21.7 Å². The number of carboxylic acids is 1. The summed E-state index contributed by atoms with van der Waals surface area (Å²) in [5.74, 6) is -1.12. The summed E-state index contributed by atoms with van der Waals surface area (Å²) in [6.45, 7) is 5.33. The van der Waals surface area contributed by atoms with E-state index in [2.05, 4.69) is 4.72 Å². The lowest BCUT2D eigenvalue weighted by Crippen LogP contribution is -2.31. The van der Waals surface area contributed by atoms with Gasteiger partial charge in [-0.05, 0) is 43.5 Å². The van der Waals surface area contributed by atoms with E-state index < -0.39 is 28.5 Å². The van der Waals surface area contributed by atoms with Crippen molar-refractivity contribution in [3.8, 4) is 0 Å². The molecular formula is C18H20ClNO4S. The Hall–Kier alpha value is -1.89. The third-order valence-electron chi connectivity index (χ3n) is 3.83. The van der Waals surface area contributed by atoms with Gasteiger partial charge in [0.25, 0.3) is 0 Å². The van der Waals surface area contributed by atoms with Crippen LogP contribution in [0.5, 0.6) is 0 Å². The van der Waals surface area contributed by atoms with Gasteiger partial charge in [-0.1, -0.05) is 47.5 Å². The van der Waals surface area contributed by atoms with Crippen molar-refractivity contribution in [3.05, 3.63) is 63.7 Å². The summed E-state index contributed by atoms with van der Waals surface area (Å²) in [5.41, 5.74) is 2.61. The van der Waals surface area contributed by atoms with Crippen LogP contribution in [0.25, 0.3) is 0 Å². The normalized spacial score (nSPS) is 12.8. The summed E-state index contributed by atoms with van der Waals surface area (Å²) in [4.78, 5) is 11.4. The van der Waals surface area contributed by atoms with Crippen molar-refractivity contribution in [2.45, 2.75) is 38.1 Å². The van der Waals surface area contributed by atoms with Crippen LogP contribution in [0.15, 0.2) is 41.3 Å². The summed E-state index contributed by atoms with van der Waals surface area (Å²) in [7, 11) is -3.92. The van der Waals surface area contributed by atoms with Gasteiger partial charge in [0.1, 0.15) is 0 Å². The first kappa shape index (κ1) is 19.4. The smallest absolute Gasteiger partial charge is 0.305 e. The quantitative estimate of drug-likeness (QED) is 0.797. The molecule has 0 amide bonds. The molecule has 0 aromatic heterocycles. The Morgan fingerprint density at radius 1 is 1.16 bits per heavy atom. The molecule has 0 bridgehead atoms. The average molecular weight is 382 g/mol. The standard InChI is InChI=1S/C18H20ClNO4S/c1-11-8-12(2)18(13(3)9-11)25(23,24)20-16(10-17(21)22)14-6-4-5-7-15(14)19/h4-9,16,20H,10H2,1-3H3,(H,21,22)/t16-/m1/s1. The first-order chi connectivity index (χ1) is 11.6. The molecule has 0 heterocycles. The van der Waals surface area contributed by atoms with Gasteiger partial charge in [0.2, 0.25) is 10.0 Å². The fraction of sp³-hybridized carbons (Fsp3) is 0.278. The fourth-order valence-corrected chi connectivity index (χ4v) is 4.92. The molecule has 5 nitrogen and oxygen atoms in total. The van der Waals surface area contributed by atoms with Crippen LogP contribution in [0, 0.1) is 20.8 Å². The number of sulfonamides is 1. The maximum Gasteiger partial charge on any atom is 0.305 e. The molecule has 1 atom stereocenters. The van der Waals surface area contributed by atoms with Gasteiger partial charge in [0, 0.05) is 5.02 Å². The van der Waals surface area contributed by atoms with Gasteiger partial charge in [-0.15, -0.1) is 0 Å². The van der Waals surface area contributed by atoms with E-state index in [1.54, 1.807) is 50.2 Å². The zero-order valence-electron chi connectivity index (χ0n) is 14.2. The average Bonchev–Trinajstić information content (AvgIpc) is 2.44. The second-order valence-corrected chi connectivity index (χ2v) is 8.08. The molecule has 2 aromatic carbocycles. The monoisotopic (exact) mass is 381 g/mol. The number of rotatable bonds is 6. The minimum absolute atomic E-state index is 0.167. The zero-order chi connectivity index (χ0) is 18.8. The number of nitrogens with one attached hydrogen (secondary N) is 1. The predicted octanol–water partition coefficient (Wildman–Crippen LogP) is 3.76. The lowest BCUT2D eigenvalue weighted by molar-refractivity contribution is -0.137. The van der Waals surface area contributed by atoms with Crippen LogP contribution in [-0.2, 0) is 14.8 Å². The van der Waals surface area contributed by atoms with Gasteiger partial charge < -0.3 is 5.11 Å². The predicted molar refractivity (Wildman–Crippen MR) is 97.4 cm³/mol. The first-order valence-electron chi connectivity index (χ1n) is 7.68. The molecule has 0 aliphatic rings. The number of halogens is 1. The molecule has 0 saturated heterocycles. The highest BCUT2D eigenvalue weighted by molar-refractivity contribution is 7.89. The Bertz CT molecular complexity index is 886. The first-order valence-corrected chi connectivity index (χ1v) is 9.54. The topological polar surface area (TPSA) is 83.5 Å². The third kappa shape index (κ3) is 4.60. The molecule has 2 aromatic rings. The van der Waals surface area contributed by atoms with Crippen LogP contribution in [-0.4, -0.2) is 19.5 Å². The second-order valence-electron chi connectivity index (χ2n) is 6.02. The van der Waals surface area contributed by atoms with Crippen LogP contribution < -0.4 is 4.72 Å². The van der Waals surface area contributed by atoms with Gasteiger partial charge in [-0.3, -0.25) is 4.79 Å². The molecule has 7 heteroatoms. The zero-order valence-corrected chi connectivity index (χ0v) is 15.8. The van der Waals surface area contributed by atoms with Crippen LogP contribution in [0.1, 0.15) is 34.7 Å². The van der Waals surface area contributed by atoms with E-state index in [1.807, 2.05) is 6.92 Å². The number of carboxylic acid groups (broad SMARTS) is 1. The van der Waals surface area contributed by atoms with Gasteiger partial charge >= 0.3 is 5.97 Å². The Kier molecular flexibility index (Phi) is 5.87. The third-order valence-corrected chi connectivity index (χ3v) is 5.95. The molecule has 0 radical (unpaired) electrons. The van der Waals surface area contributed by atoms with E-state index in [4.69, 9.17) is 11.6 Å². The van der Waals surface area contributed by atoms with Crippen molar-refractivity contribution in [2.24, 2.45) is 0 Å². The SMILES string of the molecule is Cc1cc(C)c(S(=O)(=O)N[C@H](CC(=O)O)c2ccccc2Cl)c(C)c1. The van der Waals surface area contributed by atoms with E-state index in [1.165, 1.54) is 0 Å². The molecule has 0 spiro atoms. The lowest BCUT2D eigenvalue weighted by Gasteiger charge is -2.20. The molecule has 0 aliphatic carbocycles. The Labute approximate surface area is 152 Å². The Balaban J connectivity index is 2.48. The number of carbonyl (C=O) groups is 1. The highest BCUT2D eigenvalue weighted by Gasteiger charge is 2.27. The molecule has 0 saturated carbocycles. The van der Waals surface area contributed by atoms with Gasteiger partial charge in [-0.2, -0.15) is 0 Å². The highest BCUT2D eigenvalue weighted by atomic mass is 35.5. The van der Waals surface area contributed by atoms with Gasteiger partial charge in [0.15, 0.2) is 0 Å². The largest absolute Gasteiger partial charge is 0.481 e. The van der Waals surface area contributed by atoms with E-state index in [9.17, 15) is 18.3 Å². The summed E-state index contributed by atoms with van der Waals surface area (Å²) >= 11 is 6.13. The molecule has 25 heavy (non-hydrogen) atoms. The van der Waals surface area contributed by atoms with Crippen LogP contribution in [0.2, 0.25) is 5.02 Å². The number of hydrogen-bond acceptors (Lipinski definition) is 3. The van der Waals surface area contributed by atoms with Gasteiger partial charge in [-0.25, -0.2) is 13.1 Å². The Morgan fingerprint density at radius 3 is 2.24 bits per heavy atom. The molecule has 2 N–H and O–H groups in total. The molecule has 0 fully saturated rings. The van der Waals surface area contributed by atoms with Crippen molar-refractivity contribution < 1.29 is 18.3 Å². The fourth-order valence-electron chi connectivity index (χ4n) is 2.98. The number of hydrogen-bond donors (Lipinski definition) is 2. The molecule has 0 aliphatic heterocycles. The van der Waals surface area contributed by atoms with E-state index in [-0.39, 0.29) is 4.90 Å². The van der Waals surface area contributed by atoms with Crippen LogP contribution >= 0.6 is 11.6 Å². The summed E-state index contributed by atoms with van der Waals surface area (Å²) in [5, 5.41) is 9.48. The molecular weight excluding hydrogens is 362 g/mol. The molecule has 134 valence electrons. The van der Waals surface area contributed by atoms with Crippen molar-refractivity contribution in [3.63, 3.8) is 0 Å². The van der Waals surface area contributed by atoms with Crippen LogP contribution in [0.3, 0.4) is 0 Å². The molecule has 0 unspecified atom stereocenters. The van der Waals surface area contributed by atoms with E-state index in [0.717, 1.165) is 5.56 Å². The van der Waals surface area contributed by atoms with E-state index >= 15 is 0 Å². The van der Waals surface area contributed by atoms with Crippen LogP contribution in [0.4, 0.5) is 0 Å². The summed E-state index contributed by atoms with van der Waals surface area (Å²) in [6.07, 6.45) is -0.410. The van der Waals surface area contributed by atoms with Gasteiger partial charge in [0.05, 0.1) is 17.4 Å². The lowest BCUT2D eigenvalue weighted by atomic mass is 10.1. The molecule has 2 rings (SSSR count). The van der Waals surface area contributed by atoms with Crippen molar-refractivity contribution in [2.75, 3.05) is 0 Å². The van der Waals surface area contributed by atoms with Crippen molar-refractivity contribution in [1.82, 2.24) is 4.72 Å². The maximum atomic E-state index is 12.9. The highest BCUT2D eigenvalue weighted by Crippen LogP contribution is 2.29. The Morgan fingerprint density at radius 2 is 1.72 bits per heavy atom. The second kappa shape index (κ2) is 7.56.